The number of rotatable bonds is 2. The summed E-state index contributed by atoms with van der Waals surface area (Å²) in [5.41, 5.74) is -0.205. The average molecular weight is 180 g/mol. The molecule has 4 nitrogen and oxygen atoms in total. The molecule has 0 aliphatic carbocycles. The Balaban J connectivity index is 3.31. The summed E-state index contributed by atoms with van der Waals surface area (Å²) in [4.78, 5) is 10.1. The molecule has 1 amide bonds. The topological polar surface area (TPSA) is 73.1 Å². The lowest BCUT2D eigenvalue weighted by Crippen LogP contribution is -1.97. The average Bonchev–Trinajstić information content (AvgIpc) is 2.09. The number of aromatic hydroxyl groups is 1. The first-order valence-electron chi connectivity index (χ1n) is 3.32. The van der Waals surface area contributed by atoms with E-state index in [1.165, 1.54) is 0 Å². The minimum absolute atomic E-state index is 0.0844. The predicted octanol–water partition coefficient (Wildman–Crippen LogP) is 0.971. The SMILES string of the molecule is N#Cc1cc(F)cc(O)c1NC=O. The molecule has 1 aromatic carbocycles. The van der Waals surface area contributed by atoms with Crippen molar-refractivity contribution < 1.29 is 14.3 Å². The highest BCUT2D eigenvalue weighted by atomic mass is 19.1. The quantitative estimate of drug-likeness (QED) is 0.526. The normalized spacial score (nSPS) is 8.92. The molecular formula is C8H5FN2O2. The molecule has 66 valence electrons. The number of carbonyl (C=O) groups excluding carboxylic acids is 1. The zero-order valence-corrected chi connectivity index (χ0v) is 6.41. The van der Waals surface area contributed by atoms with E-state index in [4.69, 9.17) is 10.4 Å². The third-order valence-corrected chi connectivity index (χ3v) is 1.41. The monoisotopic (exact) mass is 180 g/mol. The van der Waals surface area contributed by atoms with Crippen LogP contribution in [0.2, 0.25) is 0 Å². The van der Waals surface area contributed by atoms with Crippen LogP contribution in [0.4, 0.5) is 10.1 Å². The maximum absolute atomic E-state index is 12.6. The number of carbonyl (C=O) groups is 1. The fourth-order valence-electron chi connectivity index (χ4n) is 0.891. The zero-order chi connectivity index (χ0) is 9.84. The lowest BCUT2D eigenvalue weighted by Gasteiger charge is -2.04. The van der Waals surface area contributed by atoms with Gasteiger partial charge in [-0.05, 0) is 6.07 Å². The summed E-state index contributed by atoms with van der Waals surface area (Å²) in [6, 6.07) is 3.38. The van der Waals surface area contributed by atoms with Crippen molar-refractivity contribution in [3.63, 3.8) is 0 Å². The van der Waals surface area contributed by atoms with E-state index in [0.29, 0.717) is 6.41 Å². The highest BCUT2D eigenvalue weighted by Gasteiger charge is 2.09. The number of benzene rings is 1. The molecule has 0 bridgehead atoms. The smallest absolute Gasteiger partial charge is 0.211 e. The molecule has 0 radical (unpaired) electrons. The van der Waals surface area contributed by atoms with Crippen LogP contribution in [-0.2, 0) is 4.79 Å². The molecule has 1 rings (SSSR count). The highest BCUT2D eigenvalue weighted by Crippen LogP contribution is 2.27. The Morgan fingerprint density at radius 1 is 1.62 bits per heavy atom. The largest absolute Gasteiger partial charge is 0.506 e. The molecule has 5 heteroatoms. The van der Waals surface area contributed by atoms with E-state index >= 15 is 0 Å². The molecule has 0 aliphatic heterocycles. The Hall–Kier alpha value is -2.09. The molecule has 1 aromatic rings. The van der Waals surface area contributed by atoms with Gasteiger partial charge in [0.1, 0.15) is 23.3 Å². The van der Waals surface area contributed by atoms with Gasteiger partial charge in [0, 0.05) is 6.07 Å². The molecule has 0 saturated heterocycles. The van der Waals surface area contributed by atoms with Gasteiger partial charge in [-0.2, -0.15) is 5.26 Å². The molecule has 0 saturated carbocycles. The number of amides is 1. The highest BCUT2D eigenvalue weighted by molar-refractivity contribution is 5.79. The first-order chi connectivity index (χ1) is 6.19. The lowest BCUT2D eigenvalue weighted by molar-refractivity contribution is -0.105. The fraction of sp³-hybridized carbons (Fsp3) is 0. The summed E-state index contributed by atoms with van der Waals surface area (Å²) in [7, 11) is 0. The molecule has 0 unspecified atom stereocenters. The van der Waals surface area contributed by atoms with Crippen molar-refractivity contribution in [3.8, 4) is 11.8 Å². The van der Waals surface area contributed by atoms with Gasteiger partial charge in [-0.1, -0.05) is 0 Å². The Morgan fingerprint density at radius 2 is 2.31 bits per heavy atom. The number of nitrogens with one attached hydrogen (secondary N) is 1. The Kier molecular flexibility index (Phi) is 2.45. The van der Waals surface area contributed by atoms with Gasteiger partial charge in [0.2, 0.25) is 6.41 Å². The van der Waals surface area contributed by atoms with Crippen LogP contribution in [0.15, 0.2) is 12.1 Å². The third-order valence-electron chi connectivity index (χ3n) is 1.41. The number of phenols is 1. The van der Waals surface area contributed by atoms with Gasteiger partial charge < -0.3 is 10.4 Å². The summed E-state index contributed by atoms with van der Waals surface area (Å²) in [5.74, 6) is -1.20. The van der Waals surface area contributed by atoms with Gasteiger partial charge in [0.15, 0.2) is 0 Å². The van der Waals surface area contributed by atoms with E-state index in [1.54, 1.807) is 6.07 Å². The van der Waals surface area contributed by atoms with Gasteiger partial charge in [-0.25, -0.2) is 4.39 Å². The van der Waals surface area contributed by atoms with Crippen molar-refractivity contribution in [1.29, 1.82) is 5.26 Å². The van der Waals surface area contributed by atoms with E-state index in [2.05, 4.69) is 5.32 Å². The fourth-order valence-corrected chi connectivity index (χ4v) is 0.891. The van der Waals surface area contributed by atoms with E-state index in [9.17, 15) is 9.18 Å². The number of halogens is 1. The Morgan fingerprint density at radius 3 is 2.85 bits per heavy atom. The van der Waals surface area contributed by atoms with Gasteiger partial charge in [0.05, 0.1) is 5.56 Å². The minimum Gasteiger partial charge on any atom is -0.506 e. The van der Waals surface area contributed by atoms with Crippen LogP contribution in [-0.4, -0.2) is 11.5 Å². The number of phenolic OH excluding ortho intramolecular Hbond substituents is 1. The molecule has 13 heavy (non-hydrogen) atoms. The maximum Gasteiger partial charge on any atom is 0.211 e. The third kappa shape index (κ3) is 1.73. The number of nitrogens with zero attached hydrogens (tertiary/aromatic N) is 1. The van der Waals surface area contributed by atoms with Gasteiger partial charge in [-0.15, -0.1) is 0 Å². The van der Waals surface area contributed by atoms with Crippen LogP contribution in [0.5, 0.6) is 5.75 Å². The number of hydrogen-bond donors (Lipinski definition) is 2. The summed E-state index contributed by atoms with van der Waals surface area (Å²) >= 11 is 0. The van der Waals surface area contributed by atoms with Gasteiger partial charge in [0.25, 0.3) is 0 Å². The molecular weight excluding hydrogens is 175 g/mol. The van der Waals surface area contributed by atoms with Crippen LogP contribution in [0.3, 0.4) is 0 Å². The summed E-state index contributed by atoms with van der Waals surface area (Å²) in [6.07, 6.45) is 0.299. The summed E-state index contributed by atoms with van der Waals surface area (Å²) in [6.45, 7) is 0. The number of hydrogen-bond acceptors (Lipinski definition) is 3. The predicted molar refractivity (Wildman–Crippen MR) is 42.5 cm³/mol. The standard InChI is InChI=1S/C8H5FN2O2/c9-6-1-5(3-10)8(11-4-12)7(13)2-6/h1-2,4,13H,(H,11,12). The van der Waals surface area contributed by atoms with Crippen LogP contribution < -0.4 is 5.32 Å². The van der Waals surface area contributed by atoms with Crippen LogP contribution >= 0.6 is 0 Å². The Bertz CT molecular complexity index is 384. The van der Waals surface area contributed by atoms with Crippen LogP contribution in [0.1, 0.15) is 5.56 Å². The second-order valence-electron chi connectivity index (χ2n) is 2.22. The van der Waals surface area contributed by atoms with Crippen molar-refractivity contribution in [2.45, 2.75) is 0 Å². The summed E-state index contributed by atoms with van der Waals surface area (Å²) < 4.78 is 12.6. The molecule has 0 atom stereocenters. The van der Waals surface area contributed by atoms with Gasteiger partial charge >= 0.3 is 0 Å². The lowest BCUT2D eigenvalue weighted by atomic mass is 10.2. The molecule has 0 aliphatic rings. The van der Waals surface area contributed by atoms with E-state index < -0.39 is 11.6 Å². The summed E-state index contributed by atoms with van der Waals surface area (Å²) in [5, 5.41) is 19.7. The van der Waals surface area contributed by atoms with E-state index in [-0.39, 0.29) is 11.3 Å². The molecule has 0 fully saturated rings. The first kappa shape index (κ1) is 9.00. The van der Waals surface area contributed by atoms with Crippen molar-refractivity contribution >= 4 is 12.1 Å². The Labute approximate surface area is 73.2 Å². The van der Waals surface area contributed by atoms with Crippen molar-refractivity contribution in [2.24, 2.45) is 0 Å². The molecule has 0 aromatic heterocycles. The van der Waals surface area contributed by atoms with E-state index in [1.807, 2.05) is 0 Å². The van der Waals surface area contributed by atoms with Crippen LogP contribution in [0.25, 0.3) is 0 Å². The van der Waals surface area contributed by atoms with Crippen molar-refractivity contribution in [2.75, 3.05) is 5.32 Å². The first-order valence-corrected chi connectivity index (χ1v) is 3.32. The maximum atomic E-state index is 12.6. The molecule has 2 N–H and O–H groups in total. The van der Waals surface area contributed by atoms with Crippen LogP contribution in [0, 0.1) is 17.1 Å². The second-order valence-corrected chi connectivity index (χ2v) is 2.22. The zero-order valence-electron chi connectivity index (χ0n) is 6.41. The number of anilines is 1. The molecule has 0 heterocycles. The number of nitriles is 1. The second kappa shape index (κ2) is 3.54. The molecule has 0 spiro atoms. The minimum atomic E-state index is -0.731. The van der Waals surface area contributed by atoms with Gasteiger partial charge in [-0.3, -0.25) is 4.79 Å². The van der Waals surface area contributed by atoms with Crippen molar-refractivity contribution in [3.05, 3.63) is 23.5 Å². The van der Waals surface area contributed by atoms with E-state index in [0.717, 1.165) is 12.1 Å². The van der Waals surface area contributed by atoms with Crippen molar-refractivity contribution in [1.82, 2.24) is 0 Å².